The maximum absolute atomic E-state index is 13.9. The van der Waals surface area contributed by atoms with E-state index in [-0.39, 0.29) is 11.1 Å². The van der Waals surface area contributed by atoms with Crippen LogP contribution in [0.1, 0.15) is 21.6 Å². The fourth-order valence-corrected chi connectivity index (χ4v) is 2.35. The van der Waals surface area contributed by atoms with Gasteiger partial charge in [-0.15, -0.1) is 11.3 Å². The van der Waals surface area contributed by atoms with Crippen molar-refractivity contribution in [3.63, 3.8) is 0 Å². The smallest absolute Gasteiger partial charge is 0.379 e. The van der Waals surface area contributed by atoms with Gasteiger partial charge in [-0.2, -0.15) is 13.2 Å². The van der Waals surface area contributed by atoms with Crippen LogP contribution in [0.4, 0.5) is 23.2 Å². The van der Waals surface area contributed by atoms with Crippen molar-refractivity contribution in [2.24, 2.45) is 0 Å². The number of carbonyl (C=O) groups is 1. The van der Waals surface area contributed by atoms with Crippen LogP contribution >= 0.6 is 11.3 Å². The molecule has 124 valence electrons. The summed E-state index contributed by atoms with van der Waals surface area (Å²) in [6, 6.07) is 2.23. The Hall–Kier alpha value is -2.16. The Balaban J connectivity index is 2.13. The van der Waals surface area contributed by atoms with E-state index >= 15 is 0 Å². The van der Waals surface area contributed by atoms with Gasteiger partial charge in [0.1, 0.15) is 12.4 Å². The molecule has 1 heterocycles. The van der Waals surface area contributed by atoms with Gasteiger partial charge in [0.15, 0.2) is 0 Å². The molecule has 0 saturated carbocycles. The van der Waals surface area contributed by atoms with Crippen molar-refractivity contribution >= 4 is 22.9 Å². The molecule has 0 radical (unpaired) electrons. The number of amides is 1. The summed E-state index contributed by atoms with van der Waals surface area (Å²) in [6.07, 6.45) is -4.52. The second-order valence-electron chi connectivity index (χ2n) is 4.76. The molecule has 0 spiro atoms. The molecule has 1 amide bonds. The second-order valence-corrected chi connectivity index (χ2v) is 5.48. The third kappa shape index (κ3) is 4.92. The topological polar surface area (TPSA) is 54.0 Å². The highest BCUT2D eigenvalue weighted by Crippen LogP contribution is 2.22. The highest BCUT2D eigenvalue weighted by Gasteiger charge is 2.28. The zero-order valence-corrected chi connectivity index (χ0v) is 12.8. The average Bonchev–Trinajstić information content (AvgIpc) is 2.98. The first-order valence-electron chi connectivity index (χ1n) is 6.52. The molecule has 2 N–H and O–H groups in total. The van der Waals surface area contributed by atoms with E-state index in [4.69, 9.17) is 0 Å². The zero-order chi connectivity index (χ0) is 17.0. The molecule has 1 aromatic carbocycles. The van der Waals surface area contributed by atoms with Crippen molar-refractivity contribution in [2.45, 2.75) is 19.6 Å². The van der Waals surface area contributed by atoms with Crippen molar-refractivity contribution in [3.8, 4) is 0 Å². The minimum Gasteiger partial charge on any atom is -0.379 e. The van der Waals surface area contributed by atoms with Gasteiger partial charge in [-0.3, -0.25) is 4.79 Å². The molecule has 0 aliphatic rings. The van der Waals surface area contributed by atoms with Crippen molar-refractivity contribution in [1.29, 1.82) is 0 Å². The van der Waals surface area contributed by atoms with Crippen molar-refractivity contribution in [3.05, 3.63) is 45.7 Å². The van der Waals surface area contributed by atoms with Crippen LogP contribution in [0.25, 0.3) is 0 Å². The number of nitrogens with zero attached hydrogens (tertiary/aromatic N) is 1. The van der Waals surface area contributed by atoms with Crippen LogP contribution in [0.2, 0.25) is 0 Å². The summed E-state index contributed by atoms with van der Waals surface area (Å²) in [5.41, 5.74) is 2.80. The molecule has 0 saturated heterocycles. The van der Waals surface area contributed by atoms with Gasteiger partial charge in [0, 0.05) is 22.2 Å². The fourth-order valence-electron chi connectivity index (χ4n) is 1.79. The van der Waals surface area contributed by atoms with Crippen LogP contribution in [0.15, 0.2) is 23.0 Å². The minimum absolute atomic E-state index is 0.182. The van der Waals surface area contributed by atoms with E-state index in [9.17, 15) is 22.4 Å². The Morgan fingerprint density at radius 3 is 2.70 bits per heavy atom. The first kappa shape index (κ1) is 17.2. The second kappa shape index (κ2) is 6.95. The third-order valence-corrected chi connectivity index (χ3v) is 3.63. The molecule has 0 unspecified atom stereocenters. The largest absolute Gasteiger partial charge is 0.405 e. The van der Waals surface area contributed by atoms with Gasteiger partial charge in [-0.05, 0) is 19.1 Å². The zero-order valence-electron chi connectivity index (χ0n) is 12.0. The number of nitrogens with one attached hydrogen (secondary N) is 2. The highest BCUT2D eigenvalue weighted by atomic mass is 32.1. The summed E-state index contributed by atoms with van der Waals surface area (Å²) in [6.45, 7) is 0.358. The Bertz CT molecular complexity index is 686. The average molecular weight is 347 g/mol. The molecule has 2 rings (SSSR count). The van der Waals surface area contributed by atoms with E-state index in [0.717, 1.165) is 11.8 Å². The maximum Gasteiger partial charge on any atom is 0.405 e. The summed E-state index contributed by atoms with van der Waals surface area (Å²) in [5, 5.41) is 6.44. The normalized spacial score (nSPS) is 11.3. The fraction of sp³-hybridized carbons (Fsp3) is 0.286. The number of hydrogen-bond acceptors (Lipinski definition) is 4. The van der Waals surface area contributed by atoms with Gasteiger partial charge in [-0.25, -0.2) is 9.37 Å². The lowest BCUT2D eigenvalue weighted by atomic mass is 10.1. The Morgan fingerprint density at radius 2 is 2.09 bits per heavy atom. The summed E-state index contributed by atoms with van der Waals surface area (Å²) in [4.78, 5) is 15.8. The van der Waals surface area contributed by atoms with Gasteiger partial charge in [0.2, 0.25) is 0 Å². The summed E-state index contributed by atoms with van der Waals surface area (Å²) < 4.78 is 50.3. The van der Waals surface area contributed by atoms with Crippen LogP contribution in [-0.4, -0.2) is 23.6 Å². The monoisotopic (exact) mass is 347 g/mol. The summed E-state index contributed by atoms with van der Waals surface area (Å²) in [5.74, 6) is -1.66. The predicted octanol–water partition coefficient (Wildman–Crippen LogP) is 3.49. The number of benzene rings is 1. The first-order chi connectivity index (χ1) is 10.8. The van der Waals surface area contributed by atoms with Crippen molar-refractivity contribution < 1.29 is 22.4 Å². The van der Waals surface area contributed by atoms with Gasteiger partial charge < -0.3 is 10.6 Å². The molecule has 0 aliphatic carbocycles. The molecule has 23 heavy (non-hydrogen) atoms. The number of rotatable bonds is 5. The number of carbonyl (C=O) groups excluding carboxylic acids is 1. The molecule has 4 nitrogen and oxygen atoms in total. The SMILES string of the molecule is Cc1c(F)cc(C(=O)NCC(F)(F)F)cc1NCc1cscn1. The van der Waals surface area contributed by atoms with E-state index < -0.39 is 24.4 Å². The van der Waals surface area contributed by atoms with Crippen LogP contribution in [0, 0.1) is 12.7 Å². The number of alkyl halides is 3. The van der Waals surface area contributed by atoms with Crippen molar-refractivity contribution in [1.82, 2.24) is 10.3 Å². The Labute approximate surface area is 133 Å². The van der Waals surface area contributed by atoms with Crippen molar-refractivity contribution in [2.75, 3.05) is 11.9 Å². The van der Waals surface area contributed by atoms with Crippen LogP contribution in [0.5, 0.6) is 0 Å². The molecule has 1 aromatic heterocycles. The molecule has 9 heteroatoms. The molecular formula is C14H13F4N3OS. The lowest BCUT2D eigenvalue weighted by molar-refractivity contribution is -0.123. The Kier molecular flexibility index (Phi) is 5.19. The summed E-state index contributed by atoms with van der Waals surface area (Å²) >= 11 is 1.40. The lowest BCUT2D eigenvalue weighted by Crippen LogP contribution is -2.33. The predicted molar refractivity (Wildman–Crippen MR) is 79.0 cm³/mol. The highest BCUT2D eigenvalue weighted by molar-refractivity contribution is 7.07. The van der Waals surface area contributed by atoms with Gasteiger partial charge in [-0.1, -0.05) is 0 Å². The van der Waals surface area contributed by atoms with Gasteiger partial charge in [0.05, 0.1) is 17.7 Å². The minimum atomic E-state index is -4.52. The molecular weight excluding hydrogens is 334 g/mol. The molecule has 2 aromatic rings. The van der Waals surface area contributed by atoms with Crippen LogP contribution in [0.3, 0.4) is 0 Å². The number of aromatic nitrogens is 1. The van der Waals surface area contributed by atoms with E-state index in [1.165, 1.54) is 24.3 Å². The van der Waals surface area contributed by atoms with E-state index in [0.29, 0.717) is 12.2 Å². The van der Waals surface area contributed by atoms with E-state index in [1.54, 1.807) is 16.2 Å². The van der Waals surface area contributed by atoms with Crippen LogP contribution < -0.4 is 10.6 Å². The van der Waals surface area contributed by atoms with Crippen LogP contribution in [-0.2, 0) is 6.54 Å². The van der Waals surface area contributed by atoms with E-state index in [1.807, 2.05) is 0 Å². The number of halogens is 4. The lowest BCUT2D eigenvalue weighted by Gasteiger charge is -2.13. The quantitative estimate of drug-likeness (QED) is 0.814. The number of hydrogen-bond donors (Lipinski definition) is 2. The number of anilines is 1. The van der Waals surface area contributed by atoms with E-state index in [2.05, 4.69) is 10.3 Å². The molecule has 0 aliphatic heterocycles. The first-order valence-corrected chi connectivity index (χ1v) is 7.46. The van der Waals surface area contributed by atoms with Gasteiger partial charge >= 0.3 is 6.18 Å². The maximum atomic E-state index is 13.9. The standard InChI is InChI=1S/C14H13F4N3OS/c1-8-11(15)2-9(13(22)20-6-14(16,17)18)3-12(8)19-4-10-5-23-7-21-10/h2-3,5,7,19H,4,6H2,1H3,(H,20,22). The third-order valence-electron chi connectivity index (χ3n) is 3.00. The molecule has 0 fully saturated rings. The van der Waals surface area contributed by atoms with Gasteiger partial charge in [0.25, 0.3) is 5.91 Å². The molecule has 0 bridgehead atoms. The summed E-state index contributed by atoms with van der Waals surface area (Å²) in [7, 11) is 0. The number of thiazole rings is 1. The Morgan fingerprint density at radius 1 is 1.35 bits per heavy atom. The molecule has 0 atom stereocenters.